The maximum Gasteiger partial charge on any atom is 0.211 e. The van der Waals surface area contributed by atoms with Gasteiger partial charge in [0.1, 0.15) is 0 Å². The molecule has 0 aliphatic carbocycles. The maximum absolute atomic E-state index is 11.6. The second-order valence-corrected chi connectivity index (χ2v) is 27.8. The molecule has 15 N–H and O–H groups in total. The van der Waals surface area contributed by atoms with Crippen LogP contribution in [0.2, 0.25) is 0 Å². The SMILES string of the molecule is CCNP(C)(=O)NCC.CCP1(=O)NCCCN1.COCCNP(C)(=O)NCCOC.CP(N)(=O)NCc1ccccc1.CP(N)(N)=O.CP1(=O)NCCCCN1. The van der Waals surface area contributed by atoms with Gasteiger partial charge in [-0.15, -0.1) is 0 Å². The summed E-state index contributed by atoms with van der Waals surface area (Å²) < 4.78 is 75.9. The van der Waals surface area contributed by atoms with Crippen LogP contribution in [-0.4, -0.2) is 119 Å². The van der Waals surface area contributed by atoms with E-state index >= 15 is 0 Å². The molecule has 2 heterocycles. The molecule has 342 valence electrons. The third-order valence-corrected chi connectivity index (χ3v) is 15.1. The standard InChI is InChI=1S/C8H13N2OP.C7H19N2O3P.2C5H13N2OP.C5H15N2OP.CH7N2OP/c1-12(9,11)10-7-8-5-3-2-4-6-8;1-11-6-4-8-13(3,10)9-5-7-12-2;1-9(8)6-4-2-3-5-7-9;1-2-9(8)6-4-3-5-7-9;1-4-6-9(3,8)7-5-2;1-5(2,3)4/h2-6H,7H2,1H3,(H3,9,10,11);4-7H2,1-3H3,(H2,8,9,10);2*2-5H2,1H3,(H2,6,7,8);4-5H2,1-3H3,(H2,6,7,8);1H3,(H4,2,3,4). The zero-order valence-electron chi connectivity index (χ0n) is 36.2. The van der Waals surface area contributed by atoms with Crippen molar-refractivity contribution in [3.63, 3.8) is 0 Å². The Morgan fingerprint density at radius 2 is 1.04 bits per heavy atom. The molecule has 2 aliphatic heterocycles. The van der Waals surface area contributed by atoms with Gasteiger partial charge in [-0.1, -0.05) is 51.1 Å². The first-order valence-electron chi connectivity index (χ1n) is 18.9. The van der Waals surface area contributed by atoms with Gasteiger partial charge in [0.25, 0.3) is 0 Å². The van der Waals surface area contributed by atoms with Crippen molar-refractivity contribution in [1.29, 1.82) is 0 Å². The third kappa shape index (κ3) is 48.6. The van der Waals surface area contributed by atoms with Gasteiger partial charge in [0.2, 0.25) is 44.7 Å². The summed E-state index contributed by atoms with van der Waals surface area (Å²) in [4.78, 5) is 0. The summed E-state index contributed by atoms with van der Waals surface area (Å²) in [6.07, 6.45) is 4.06. The third-order valence-electron chi connectivity index (χ3n) is 6.76. The molecule has 0 bridgehead atoms. The molecule has 2 aliphatic rings. The van der Waals surface area contributed by atoms with E-state index in [2.05, 4.69) is 56.8 Å². The van der Waals surface area contributed by atoms with Crippen molar-refractivity contribution in [3.8, 4) is 0 Å². The van der Waals surface area contributed by atoms with Gasteiger partial charge in [0, 0.05) is 99.5 Å². The minimum Gasteiger partial charge on any atom is -0.383 e. The normalized spacial score (nSPS) is 17.3. The molecule has 0 amide bonds. The minimum atomic E-state index is -2.64. The van der Waals surface area contributed by atoms with Crippen molar-refractivity contribution in [2.24, 2.45) is 16.5 Å². The summed E-state index contributed by atoms with van der Waals surface area (Å²) in [6.45, 7) is 21.6. The zero-order chi connectivity index (χ0) is 44.5. The van der Waals surface area contributed by atoms with Gasteiger partial charge in [-0.25, -0.2) is 0 Å². The number of nitrogens with two attached hydrogens (primary N) is 3. The van der Waals surface area contributed by atoms with Crippen LogP contribution in [0.15, 0.2) is 30.3 Å². The van der Waals surface area contributed by atoms with Gasteiger partial charge in [-0.3, -0.25) is 89.7 Å². The van der Waals surface area contributed by atoms with E-state index in [1.54, 1.807) is 34.2 Å². The highest BCUT2D eigenvalue weighted by molar-refractivity contribution is 7.60. The summed E-state index contributed by atoms with van der Waals surface area (Å²) in [5.74, 6) is 0. The monoisotopic (exact) mass is 934 g/mol. The van der Waals surface area contributed by atoms with Crippen molar-refractivity contribution < 1.29 is 36.9 Å². The van der Waals surface area contributed by atoms with E-state index in [4.69, 9.17) is 15.0 Å². The Morgan fingerprint density at radius 3 is 1.37 bits per heavy atom. The Labute approximate surface area is 344 Å². The van der Waals surface area contributed by atoms with Gasteiger partial charge in [0.05, 0.1) is 13.2 Å². The Kier molecular flexibility index (Phi) is 37.2. The Morgan fingerprint density at radius 1 is 0.649 bits per heavy atom. The summed E-state index contributed by atoms with van der Waals surface area (Å²) in [5, 5.41) is 26.2. The van der Waals surface area contributed by atoms with Crippen LogP contribution < -0.4 is 62.3 Å². The van der Waals surface area contributed by atoms with Crippen LogP contribution >= 0.6 is 44.7 Å². The second kappa shape index (κ2) is 34.6. The van der Waals surface area contributed by atoms with Crippen LogP contribution in [0.5, 0.6) is 0 Å². The minimum absolute atomic E-state index is 0.559. The molecule has 2 fully saturated rings. The summed E-state index contributed by atoms with van der Waals surface area (Å²) in [7, 11) is -10.8. The Balaban J connectivity index is -0.000000625. The van der Waals surface area contributed by atoms with Crippen LogP contribution in [-0.2, 0) is 43.4 Å². The molecule has 20 nitrogen and oxygen atoms in total. The molecular formula is C31H80N12O8P6. The van der Waals surface area contributed by atoms with E-state index in [1.807, 2.05) is 51.1 Å². The van der Waals surface area contributed by atoms with Crippen LogP contribution in [0, 0.1) is 0 Å². The van der Waals surface area contributed by atoms with E-state index in [-0.39, 0.29) is 0 Å². The van der Waals surface area contributed by atoms with Crippen molar-refractivity contribution >= 4 is 44.7 Å². The molecule has 0 saturated carbocycles. The second-order valence-electron chi connectivity index (χ2n) is 13.2. The fraction of sp³-hybridized carbons (Fsp3) is 0.806. The van der Waals surface area contributed by atoms with E-state index in [0.717, 1.165) is 64.1 Å². The zero-order valence-corrected chi connectivity index (χ0v) is 41.5. The Hall–Kier alpha value is 0.0400. The molecule has 0 spiro atoms. The van der Waals surface area contributed by atoms with Crippen LogP contribution in [0.25, 0.3) is 0 Å². The highest BCUT2D eigenvalue weighted by Crippen LogP contribution is 2.36. The maximum atomic E-state index is 11.6. The number of hydrogen-bond acceptors (Lipinski definition) is 8. The van der Waals surface area contributed by atoms with Crippen molar-refractivity contribution in [1.82, 2.24) is 45.8 Å². The first-order valence-corrected chi connectivity index (χ1v) is 31.8. The molecule has 0 aromatic heterocycles. The summed E-state index contributed by atoms with van der Waals surface area (Å²) >= 11 is 0. The van der Waals surface area contributed by atoms with Crippen molar-refractivity contribution in [3.05, 3.63) is 35.9 Å². The number of hydrogen-bond donors (Lipinski definition) is 12. The molecule has 1 aromatic rings. The van der Waals surface area contributed by atoms with Gasteiger partial charge in [-0.05, 0) is 37.9 Å². The molecule has 3 rings (SSSR count). The molecule has 1 aromatic carbocycles. The van der Waals surface area contributed by atoms with Crippen molar-refractivity contribution in [2.75, 3.05) is 119 Å². The number of nitrogens with one attached hydrogen (secondary N) is 9. The quantitative estimate of drug-likeness (QED) is 0.0818. The first-order chi connectivity index (χ1) is 26.3. The average Bonchev–Trinajstić information content (AvgIpc) is 3.31. The van der Waals surface area contributed by atoms with E-state index in [1.165, 1.54) is 13.3 Å². The lowest BCUT2D eigenvalue weighted by molar-refractivity contribution is 0.202. The van der Waals surface area contributed by atoms with E-state index in [9.17, 15) is 27.4 Å². The van der Waals surface area contributed by atoms with Crippen molar-refractivity contribution in [2.45, 2.75) is 46.6 Å². The number of ether oxygens (including phenoxy) is 2. The van der Waals surface area contributed by atoms with Gasteiger partial charge in [-0.2, -0.15) is 0 Å². The fourth-order valence-corrected chi connectivity index (χ4v) is 9.90. The van der Waals surface area contributed by atoms with Gasteiger partial charge >= 0.3 is 0 Å². The largest absolute Gasteiger partial charge is 0.383 e. The lowest BCUT2D eigenvalue weighted by Gasteiger charge is -2.23. The average molecular weight is 935 g/mol. The first kappa shape index (κ1) is 61.3. The Bertz CT molecular complexity index is 1370. The molecule has 0 radical (unpaired) electrons. The smallest absolute Gasteiger partial charge is 0.211 e. The molecule has 1 atom stereocenters. The fourth-order valence-electron chi connectivity index (χ4n) is 4.06. The van der Waals surface area contributed by atoms with E-state index < -0.39 is 44.7 Å². The van der Waals surface area contributed by atoms with Crippen LogP contribution in [0.4, 0.5) is 0 Å². The number of benzene rings is 1. The predicted molar refractivity (Wildman–Crippen MR) is 245 cm³/mol. The van der Waals surface area contributed by atoms with Gasteiger partial charge in [0.15, 0.2) is 0 Å². The lowest BCUT2D eigenvalue weighted by atomic mass is 10.2. The highest BCUT2D eigenvalue weighted by atomic mass is 31.2. The van der Waals surface area contributed by atoms with Crippen LogP contribution in [0.3, 0.4) is 0 Å². The van der Waals surface area contributed by atoms with E-state index in [0.29, 0.717) is 39.0 Å². The summed E-state index contributed by atoms with van der Waals surface area (Å²) in [6, 6.07) is 9.74. The molecular weight excluding hydrogens is 854 g/mol. The van der Waals surface area contributed by atoms with Gasteiger partial charge < -0.3 is 9.47 Å². The molecule has 26 heteroatoms. The molecule has 57 heavy (non-hydrogen) atoms. The molecule has 1 unspecified atom stereocenters. The number of methoxy groups -OCH3 is 2. The predicted octanol–water partition coefficient (Wildman–Crippen LogP) is 4.16. The molecule has 2 saturated heterocycles. The highest BCUT2D eigenvalue weighted by Gasteiger charge is 2.20. The summed E-state index contributed by atoms with van der Waals surface area (Å²) in [5.41, 5.74) is 15.8. The van der Waals surface area contributed by atoms with Crippen LogP contribution in [0.1, 0.15) is 45.6 Å². The topological polar surface area (TPSA) is 307 Å². The number of rotatable bonds is 16. The lowest BCUT2D eigenvalue weighted by Crippen LogP contribution is -2.32.